The second-order valence-electron chi connectivity index (χ2n) is 6.02. The van der Waals surface area contributed by atoms with E-state index in [9.17, 15) is 0 Å². The highest BCUT2D eigenvalue weighted by atomic mass is 32.1. The van der Waals surface area contributed by atoms with Crippen LogP contribution in [-0.2, 0) is 12.8 Å². The van der Waals surface area contributed by atoms with Crippen LogP contribution in [0.4, 0.5) is 0 Å². The summed E-state index contributed by atoms with van der Waals surface area (Å²) in [5.74, 6) is 0.830. The Morgan fingerprint density at radius 2 is 2.00 bits per heavy atom. The molecule has 1 nitrogen and oxygen atoms in total. The van der Waals surface area contributed by atoms with Crippen LogP contribution >= 0.6 is 11.3 Å². The summed E-state index contributed by atoms with van der Waals surface area (Å²) in [4.78, 5) is 3.21. The topological polar surface area (TPSA) is 12.0 Å². The van der Waals surface area contributed by atoms with Gasteiger partial charge in [0.2, 0.25) is 0 Å². The van der Waals surface area contributed by atoms with Crippen LogP contribution in [0.3, 0.4) is 0 Å². The van der Waals surface area contributed by atoms with Gasteiger partial charge in [0.25, 0.3) is 0 Å². The Morgan fingerprint density at radius 1 is 1.22 bits per heavy atom. The molecule has 0 aliphatic heterocycles. The number of fused-ring (bicyclic) bond motifs is 1. The van der Waals surface area contributed by atoms with Crippen molar-refractivity contribution in [3.63, 3.8) is 0 Å². The summed E-state index contributed by atoms with van der Waals surface area (Å²) in [7, 11) is 0. The first-order chi connectivity index (χ1) is 8.66. The van der Waals surface area contributed by atoms with Gasteiger partial charge in [0, 0.05) is 15.8 Å². The van der Waals surface area contributed by atoms with Crippen LogP contribution in [0.1, 0.15) is 67.8 Å². The van der Waals surface area contributed by atoms with Crippen molar-refractivity contribution in [2.45, 2.75) is 65.3 Å². The molecule has 2 rings (SSSR count). The van der Waals surface area contributed by atoms with E-state index in [1.165, 1.54) is 38.5 Å². The molecule has 1 aliphatic rings. The Kier molecular flexibility index (Phi) is 5.25. The van der Waals surface area contributed by atoms with Gasteiger partial charge in [0.05, 0.1) is 0 Å². The number of aryl methyl sites for hydroxylation is 2. The molecule has 2 heteroatoms. The summed E-state index contributed by atoms with van der Waals surface area (Å²) < 4.78 is 0. The van der Waals surface area contributed by atoms with Crippen LogP contribution in [0.25, 0.3) is 0 Å². The first-order valence-electron chi connectivity index (χ1n) is 7.51. The van der Waals surface area contributed by atoms with Crippen molar-refractivity contribution in [1.29, 1.82) is 0 Å². The lowest BCUT2D eigenvalue weighted by Gasteiger charge is -2.12. The Balaban J connectivity index is 1.81. The molecule has 0 radical (unpaired) electrons. The van der Waals surface area contributed by atoms with Gasteiger partial charge >= 0.3 is 0 Å². The minimum atomic E-state index is 0.535. The van der Waals surface area contributed by atoms with Crippen LogP contribution in [-0.4, -0.2) is 6.54 Å². The number of rotatable bonds is 6. The van der Waals surface area contributed by atoms with Gasteiger partial charge in [-0.3, -0.25) is 0 Å². The Bertz CT molecular complexity index is 344. The Hall–Kier alpha value is -0.340. The van der Waals surface area contributed by atoms with Crippen LogP contribution in [0.5, 0.6) is 0 Å². The van der Waals surface area contributed by atoms with Crippen molar-refractivity contribution in [2.24, 2.45) is 5.92 Å². The molecule has 0 aromatic carbocycles. The lowest BCUT2D eigenvalue weighted by atomic mass is 9.99. The summed E-state index contributed by atoms with van der Waals surface area (Å²) in [6.45, 7) is 8.07. The number of thiophene rings is 1. The highest BCUT2D eigenvalue weighted by Gasteiger charge is 2.16. The highest BCUT2D eigenvalue weighted by Crippen LogP contribution is 2.32. The van der Waals surface area contributed by atoms with E-state index in [2.05, 4.69) is 32.2 Å². The number of nitrogens with one attached hydrogen (secondary N) is 1. The molecule has 1 aliphatic carbocycles. The van der Waals surface area contributed by atoms with Crippen LogP contribution in [0.2, 0.25) is 0 Å². The van der Waals surface area contributed by atoms with Gasteiger partial charge < -0.3 is 5.32 Å². The largest absolute Gasteiger partial charge is 0.309 e. The zero-order valence-electron chi connectivity index (χ0n) is 12.1. The fraction of sp³-hybridized carbons (Fsp3) is 0.750. The standard InChI is InChI=1S/C16H27NS/c1-12(2)7-6-10-17-13(3)16-11-14-8-4-5-9-15(14)18-16/h11-13,17H,4-10H2,1-3H3. The molecule has 18 heavy (non-hydrogen) atoms. The van der Waals surface area contributed by atoms with E-state index >= 15 is 0 Å². The average Bonchev–Trinajstić information content (AvgIpc) is 2.78. The molecule has 1 heterocycles. The van der Waals surface area contributed by atoms with Gasteiger partial charge in [0.1, 0.15) is 0 Å². The quantitative estimate of drug-likeness (QED) is 0.734. The zero-order valence-corrected chi connectivity index (χ0v) is 12.9. The molecule has 0 fully saturated rings. The lowest BCUT2D eigenvalue weighted by Crippen LogP contribution is -2.19. The van der Waals surface area contributed by atoms with E-state index < -0.39 is 0 Å². The van der Waals surface area contributed by atoms with Gasteiger partial charge in [-0.25, -0.2) is 0 Å². The van der Waals surface area contributed by atoms with Crippen LogP contribution in [0, 0.1) is 5.92 Å². The van der Waals surface area contributed by atoms with Gasteiger partial charge in [-0.2, -0.15) is 0 Å². The lowest BCUT2D eigenvalue weighted by molar-refractivity contribution is 0.500. The molecule has 0 saturated heterocycles. The smallest absolute Gasteiger partial charge is 0.0386 e. The molecule has 0 amide bonds. The monoisotopic (exact) mass is 265 g/mol. The van der Waals surface area contributed by atoms with Gasteiger partial charge in [0.15, 0.2) is 0 Å². The summed E-state index contributed by atoms with van der Waals surface area (Å²) in [5, 5.41) is 3.67. The van der Waals surface area contributed by atoms with E-state index in [1.54, 1.807) is 15.3 Å². The van der Waals surface area contributed by atoms with Crippen molar-refractivity contribution in [1.82, 2.24) is 5.32 Å². The number of hydrogen-bond acceptors (Lipinski definition) is 2. The van der Waals surface area contributed by atoms with Crippen molar-refractivity contribution in [3.8, 4) is 0 Å². The fourth-order valence-electron chi connectivity index (χ4n) is 2.66. The summed E-state index contributed by atoms with van der Waals surface area (Å²) in [5.41, 5.74) is 1.64. The van der Waals surface area contributed by atoms with E-state index in [4.69, 9.17) is 0 Å². The third kappa shape index (κ3) is 3.83. The maximum atomic E-state index is 3.67. The second kappa shape index (κ2) is 6.72. The molecule has 0 spiro atoms. The fourth-order valence-corrected chi connectivity index (χ4v) is 3.94. The molecule has 0 saturated carbocycles. The maximum absolute atomic E-state index is 3.67. The van der Waals surface area contributed by atoms with E-state index in [-0.39, 0.29) is 0 Å². The maximum Gasteiger partial charge on any atom is 0.0386 e. The summed E-state index contributed by atoms with van der Waals surface area (Å²) in [6.07, 6.45) is 8.04. The zero-order chi connectivity index (χ0) is 13.0. The van der Waals surface area contributed by atoms with Crippen molar-refractivity contribution >= 4 is 11.3 Å². The third-order valence-electron chi connectivity index (χ3n) is 3.85. The minimum Gasteiger partial charge on any atom is -0.309 e. The summed E-state index contributed by atoms with van der Waals surface area (Å²) in [6, 6.07) is 2.99. The SMILES string of the molecule is CC(C)CCCNC(C)c1cc2c(s1)CCCC2. The van der Waals surface area contributed by atoms with E-state index in [0.717, 1.165) is 12.5 Å². The Labute approximate surface area is 116 Å². The first kappa shape index (κ1) is 14.1. The highest BCUT2D eigenvalue weighted by molar-refractivity contribution is 7.12. The predicted molar refractivity (Wildman–Crippen MR) is 81.5 cm³/mol. The second-order valence-corrected chi connectivity index (χ2v) is 7.18. The number of hydrogen-bond donors (Lipinski definition) is 1. The molecular formula is C16H27NS. The van der Waals surface area contributed by atoms with Crippen molar-refractivity contribution in [3.05, 3.63) is 21.4 Å². The minimum absolute atomic E-state index is 0.535. The third-order valence-corrected chi connectivity index (χ3v) is 5.27. The van der Waals surface area contributed by atoms with Crippen LogP contribution in [0.15, 0.2) is 6.07 Å². The van der Waals surface area contributed by atoms with E-state index in [0.29, 0.717) is 6.04 Å². The Morgan fingerprint density at radius 3 is 2.72 bits per heavy atom. The van der Waals surface area contributed by atoms with Gasteiger partial charge in [-0.1, -0.05) is 13.8 Å². The average molecular weight is 265 g/mol. The molecule has 1 atom stereocenters. The van der Waals surface area contributed by atoms with E-state index in [1.807, 2.05) is 11.3 Å². The summed E-state index contributed by atoms with van der Waals surface area (Å²) >= 11 is 2.05. The normalized spacial score (nSPS) is 16.9. The van der Waals surface area contributed by atoms with Crippen molar-refractivity contribution < 1.29 is 0 Å². The van der Waals surface area contributed by atoms with Gasteiger partial charge in [-0.15, -0.1) is 11.3 Å². The molecule has 1 N–H and O–H groups in total. The first-order valence-corrected chi connectivity index (χ1v) is 8.33. The molecule has 1 aromatic heterocycles. The van der Waals surface area contributed by atoms with Crippen molar-refractivity contribution in [2.75, 3.05) is 6.54 Å². The molecule has 102 valence electrons. The predicted octanol–water partition coefficient (Wildman–Crippen LogP) is 4.71. The molecule has 0 bridgehead atoms. The molecule has 1 unspecified atom stereocenters. The molecule has 1 aromatic rings. The van der Waals surface area contributed by atoms with Crippen LogP contribution < -0.4 is 5.32 Å². The molecular weight excluding hydrogens is 238 g/mol. The van der Waals surface area contributed by atoms with Gasteiger partial charge in [-0.05, 0) is 69.5 Å².